The van der Waals surface area contributed by atoms with E-state index in [0.717, 1.165) is 19.4 Å². The quantitative estimate of drug-likeness (QED) is 0.792. The van der Waals surface area contributed by atoms with E-state index in [4.69, 9.17) is 21.1 Å². The van der Waals surface area contributed by atoms with Crippen molar-refractivity contribution in [3.63, 3.8) is 0 Å². The minimum absolute atomic E-state index is 0.138. The van der Waals surface area contributed by atoms with Crippen LogP contribution in [0.5, 0.6) is 6.01 Å². The van der Waals surface area contributed by atoms with E-state index < -0.39 is 0 Å². The Morgan fingerprint density at radius 3 is 3.10 bits per heavy atom. The van der Waals surface area contributed by atoms with Gasteiger partial charge in [-0.1, -0.05) is 11.6 Å². The number of aromatic nitrogens is 2. The molecule has 1 unspecified atom stereocenters. The molecule has 7 heteroatoms. The molecule has 1 saturated heterocycles. The van der Waals surface area contributed by atoms with Crippen molar-refractivity contribution in [1.82, 2.24) is 9.97 Å². The van der Waals surface area contributed by atoms with Crippen LogP contribution in [0.1, 0.15) is 19.8 Å². The molecule has 0 saturated carbocycles. The van der Waals surface area contributed by atoms with Crippen LogP contribution in [0.2, 0.25) is 5.02 Å². The SMILES string of the molecule is CCOC(=O)C1CCCN(c2nc(OC)ncc2Cl)C1. The second-order valence-corrected chi connectivity index (χ2v) is 4.97. The molecule has 2 heterocycles. The molecule has 1 aromatic heterocycles. The fraction of sp³-hybridized carbons (Fsp3) is 0.615. The zero-order valence-corrected chi connectivity index (χ0v) is 12.4. The van der Waals surface area contributed by atoms with Crippen molar-refractivity contribution in [2.45, 2.75) is 19.8 Å². The normalized spacial score (nSPS) is 18.8. The molecule has 1 fully saturated rings. The molecule has 1 aliphatic heterocycles. The van der Waals surface area contributed by atoms with Crippen LogP contribution < -0.4 is 9.64 Å². The predicted molar refractivity (Wildman–Crippen MR) is 75.2 cm³/mol. The van der Waals surface area contributed by atoms with E-state index in [1.165, 1.54) is 13.3 Å². The Morgan fingerprint density at radius 1 is 1.60 bits per heavy atom. The van der Waals surface area contributed by atoms with Gasteiger partial charge in [0.2, 0.25) is 0 Å². The molecular formula is C13H18ClN3O3. The maximum absolute atomic E-state index is 11.8. The molecule has 2 rings (SSSR count). The maximum atomic E-state index is 11.8. The Labute approximate surface area is 123 Å². The average Bonchev–Trinajstić information content (AvgIpc) is 2.48. The van der Waals surface area contributed by atoms with Crippen LogP contribution in [0.3, 0.4) is 0 Å². The summed E-state index contributed by atoms with van der Waals surface area (Å²) in [6, 6.07) is 0.266. The Hall–Kier alpha value is -1.56. The van der Waals surface area contributed by atoms with Crippen LogP contribution in [-0.4, -0.2) is 42.7 Å². The summed E-state index contributed by atoms with van der Waals surface area (Å²) in [5.74, 6) is 0.308. The third-order valence-electron chi connectivity index (χ3n) is 3.23. The van der Waals surface area contributed by atoms with E-state index in [-0.39, 0.29) is 17.9 Å². The van der Waals surface area contributed by atoms with Gasteiger partial charge in [0, 0.05) is 13.1 Å². The van der Waals surface area contributed by atoms with Gasteiger partial charge >= 0.3 is 12.0 Å². The molecule has 0 amide bonds. The molecule has 110 valence electrons. The van der Waals surface area contributed by atoms with Gasteiger partial charge in [0.25, 0.3) is 0 Å². The van der Waals surface area contributed by atoms with Crippen molar-refractivity contribution >= 4 is 23.4 Å². The molecular weight excluding hydrogens is 282 g/mol. The van der Waals surface area contributed by atoms with E-state index in [2.05, 4.69) is 9.97 Å². The van der Waals surface area contributed by atoms with Crippen molar-refractivity contribution in [2.75, 3.05) is 31.7 Å². The van der Waals surface area contributed by atoms with Crippen molar-refractivity contribution in [3.8, 4) is 6.01 Å². The third kappa shape index (κ3) is 3.30. The summed E-state index contributed by atoms with van der Waals surface area (Å²) < 4.78 is 10.1. The Kier molecular flexibility index (Phi) is 5.00. The number of nitrogens with zero attached hydrogens (tertiary/aromatic N) is 3. The fourth-order valence-electron chi connectivity index (χ4n) is 2.28. The number of ether oxygens (including phenoxy) is 2. The molecule has 1 aromatic rings. The molecule has 6 nitrogen and oxygen atoms in total. The average molecular weight is 300 g/mol. The smallest absolute Gasteiger partial charge is 0.318 e. The summed E-state index contributed by atoms with van der Waals surface area (Å²) in [5.41, 5.74) is 0. The molecule has 0 N–H and O–H groups in total. The van der Waals surface area contributed by atoms with E-state index in [1.807, 2.05) is 11.8 Å². The Balaban J connectivity index is 2.14. The highest BCUT2D eigenvalue weighted by molar-refractivity contribution is 6.32. The first-order chi connectivity index (χ1) is 9.65. The summed E-state index contributed by atoms with van der Waals surface area (Å²) in [6.45, 7) is 3.57. The van der Waals surface area contributed by atoms with Gasteiger partial charge in [0.05, 0.1) is 25.8 Å². The van der Waals surface area contributed by atoms with E-state index in [0.29, 0.717) is 24.0 Å². The number of esters is 1. The maximum Gasteiger partial charge on any atom is 0.318 e. The summed E-state index contributed by atoms with van der Waals surface area (Å²) in [7, 11) is 1.50. The number of rotatable bonds is 4. The van der Waals surface area contributed by atoms with Crippen LogP contribution >= 0.6 is 11.6 Å². The van der Waals surface area contributed by atoms with Crippen LogP contribution in [0.4, 0.5) is 5.82 Å². The van der Waals surface area contributed by atoms with E-state index in [1.54, 1.807) is 0 Å². The largest absolute Gasteiger partial charge is 0.467 e. The van der Waals surface area contributed by atoms with Crippen molar-refractivity contribution < 1.29 is 14.3 Å². The summed E-state index contributed by atoms with van der Waals surface area (Å²) in [6.07, 6.45) is 3.23. The van der Waals surface area contributed by atoms with Crippen LogP contribution in [-0.2, 0) is 9.53 Å². The topological polar surface area (TPSA) is 64.5 Å². The van der Waals surface area contributed by atoms with Gasteiger partial charge in [-0.2, -0.15) is 4.98 Å². The molecule has 1 aliphatic rings. The minimum Gasteiger partial charge on any atom is -0.467 e. The predicted octanol–water partition coefficient (Wildman–Crippen LogP) is 1.92. The molecule has 0 radical (unpaired) electrons. The Bertz CT molecular complexity index is 484. The van der Waals surface area contributed by atoms with Gasteiger partial charge in [-0.3, -0.25) is 4.79 Å². The third-order valence-corrected chi connectivity index (χ3v) is 3.49. The number of hydrogen-bond acceptors (Lipinski definition) is 6. The minimum atomic E-state index is -0.158. The lowest BCUT2D eigenvalue weighted by atomic mass is 9.98. The van der Waals surface area contributed by atoms with Crippen LogP contribution in [0.15, 0.2) is 6.20 Å². The van der Waals surface area contributed by atoms with Gasteiger partial charge in [-0.25, -0.2) is 4.98 Å². The van der Waals surface area contributed by atoms with E-state index in [9.17, 15) is 4.79 Å². The van der Waals surface area contributed by atoms with Crippen LogP contribution in [0.25, 0.3) is 0 Å². The number of hydrogen-bond donors (Lipinski definition) is 0. The Morgan fingerprint density at radius 2 is 2.40 bits per heavy atom. The number of anilines is 1. The lowest BCUT2D eigenvalue weighted by molar-refractivity contribution is -0.148. The van der Waals surface area contributed by atoms with Crippen LogP contribution in [0, 0.1) is 5.92 Å². The highest BCUT2D eigenvalue weighted by Crippen LogP contribution is 2.29. The summed E-state index contributed by atoms with van der Waals surface area (Å²) >= 11 is 6.14. The molecule has 0 bridgehead atoms. The zero-order valence-electron chi connectivity index (χ0n) is 11.6. The first-order valence-corrected chi connectivity index (χ1v) is 7.01. The highest BCUT2D eigenvalue weighted by atomic mass is 35.5. The first kappa shape index (κ1) is 14.8. The second-order valence-electron chi connectivity index (χ2n) is 4.57. The van der Waals surface area contributed by atoms with Gasteiger partial charge in [0.1, 0.15) is 5.02 Å². The van der Waals surface area contributed by atoms with Crippen molar-refractivity contribution in [1.29, 1.82) is 0 Å². The molecule has 0 aliphatic carbocycles. The van der Waals surface area contributed by atoms with Gasteiger partial charge < -0.3 is 14.4 Å². The number of piperidine rings is 1. The van der Waals surface area contributed by atoms with Crippen molar-refractivity contribution in [2.24, 2.45) is 5.92 Å². The van der Waals surface area contributed by atoms with Gasteiger partial charge in [-0.15, -0.1) is 0 Å². The second kappa shape index (κ2) is 6.74. The number of carbonyl (C=O) groups excluding carboxylic acids is 1. The number of methoxy groups -OCH3 is 1. The standard InChI is InChI=1S/C13H18ClN3O3/c1-3-20-12(18)9-5-4-6-17(8-9)11-10(14)7-15-13(16-11)19-2/h7,9H,3-6,8H2,1-2H3. The monoisotopic (exact) mass is 299 g/mol. The van der Waals surface area contributed by atoms with E-state index >= 15 is 0 Å². The fourth-order valence-corrected chi connectivity index (χ4v) is 2.50. The summed E-state index contributed by atoms with van der Waals surface area (Å²) in [4.78, 5) is 22.0. The molecule has 20 heavy (non-hydrogen) atoms. The lowest BCUT2D eigenvalue weighted by Crippen LogP contribution is -2.40. The number of halogens is 1. The zero-order chi connectivity index (χ0) is 14.5. The molecule has 0 spiro atoms. The number of carbonyl (C=O) groups is 1. The van der Waals surface area contributed by atoms with Gasteiger partial charge in [-0.05, 0) is 19.8 Å². The summed E-state index contributed by atoms with van der Waals surface area (Å²) in [5, 5.41) is 0.454. The first-order valence-electron chi connectivity index (χ1n) is 6.63. The molecule has 1 atom stereocenters. The van der Waals surface area contributed by atoms with Gasteiger partial charge in [0.15, 0.2) is 5.82 Å². The highest BCUT2D eigenvalue weighted by Gasteiger charge is 2.28. The lowest BCUT2D eigenvalue weighted by Gasteiger charge is -2.32. The molecule has 0 aromatic carbocycles. The van der Waals surface area contributed by atoms with Crippen molar-refractivity contribution in [3.05, 3.63) is 11.2 Å².